The van der Waals surface area contributed by atoms with Gasteiger partial charge in [0, 0.05) is 26.1 Å². The highest BCUT2D eigenvalue weighted by Gasteiger charge is 2.25. The zero-order valence-corrected chi connectivity index (χ0v) is 10.3. The fraction of sp³-hybridized carbons (Fsp3) is 0.818. The second kappa shape index (κ2) is 7.11. The summed E-state index contributed by atoms with van der Waals surface area (Å²) in [6.07, 6.45) is 2.92. The molecule has 98 valence electrons. The Hall–Kier alpha value is -1.30. The summed E-state index contributed by atoms with van der Waals surface area (Å²) >= 11 is 0. The van der Waals surface area contributed by atoms with Gasteiger partial charge in [0.15, 0.2) is 0 Å². The summed E-state index contributed by atoms with van der Waals surface area (Å²) in [5.41, 5.74) is 5.39. The van der Waals surface area contributed by atoms with Crippen molar-refractivity contribution in [3.05, 3.63) is 0 Å². The topological polar surface area (TPSA) is 88.1 Å². The number of carbonyl (C=O) groups excluding carboxylic acids is 1. The molecule has 0 radical (unpaired) electrons. The van der Waals surface area contributed by atoms with Crippen molar-refractivity contribution in [1.29, 1.82) is 0 Å². The molecule has 1 amide bonds. The van der Waals surface area contributed by atoms with Crippen molar-refractivity contribution in [3.63, 3.8) is 0 Å². The molecule has 1 atom stereocenters. The lowest BCUT2D eigenvalue weighted by Gasteiger charge is -2.28. The van der Waals surface area contributed by atoms with Crippen molar-refractivity contribution < 1.29 is 14.7 Å². The van der Waals surface area contributed by atoms with E-state index in [1.54, 1.807) is 4.90 Å². The second-order valence-corrected chi connectivity index (χ2v) is 4.11. The van der Waals surface area contributed by atoms with Crippen LogP contribution in [-0.2, 0) is 9.53 Å². The predicted molar refractivity (Wildman–Crippen MR) is 63.9 cm³/mol. The number of amides is 1. The summed E-state index contributed by atoms with van der Waals surface area (Å²) in [5, 5.41) is 11.3. The minimum atomic E-state index is -0.309. The Balaban J connectivity index is 2.45. The number of oxime groups is 1. The molecule has 6 nitrogen and oxygen atoms in total. The van der Waals surface area contributed by atoms with E-state index < -0.39 is 0 Å². The number of carbonyl (C=O) groups is 1. The third-order valence-electron chi connectivity index (χ3n) is 2.91. The maximum absolute atomic E-state index is 12.1. The van der Waals surface area contributed by atoms with Crippen molar-refractivity contribution >= 4 is 11.7 Å². The Kier molecular flexibility index (Phi) is 5.76. The summed E-state index contributed by atoms with van der Waals surface area (Å²) in [5.74, 6) is 0.152. The van der Waals surface area contributed by atoms with Crippen molar-refractivity contribution in [2.75, 3.05) is 19.7 Å². The average Bonchev–Trinajstić information content (AvgIpc) is 2.39. The molecule has 17 heavy (non-hydrogen) atoms. The van der Waals surface area contributed by atoms with Gasteiger partial charge >= 0.3 is 0 Å². The molecule has 0 aromatic rings. The monoisotopic (exact) mass is 243 g/mol. The average molecular weight is 243 g/mol. The molecule has 0 saturated carbocycles. The van der Waals surface area contributed by atoms with Crippen LogP contribution in [0.25, 0.3) is 0 Å². The van der Waals surface area contributed by atoms with Crippen LogP contribution in [0.15, 0.2) is 5.16 Å². The quantitative estimate of drug-likeness (QED) is 0.319. The largest absolute Gasteiger partial charge is 0.409 e. The molecule has 1 saturated heterocycles. The zero-order chi connectivity index (χ0) is 12.7. The lowest BCUT2D eigenvalue weighted by Crippen LogP contribution is -2.43. The SMILES string of the molecule is CCN(CCC(N)=NO)C(=O)C1CCCCO1. The fourth-order valence-corrected chi connectivity index (χ4v) is 1.86. The molecule has 0 spiro atoms. The van der Waals surface area contributed by atoms with E-state index >= 15 is 0 Å². The molecule has 1 aliphatic heterocycles. The Morgan fingerprint density at radius 3 is 2.88 bits per heavy atom. The molecule has 1 rings (SSSR count). The van der Waals surface area contributed by atoms with Crippen molar-refractivity contribution in [1.82, 2.24) is 4.90 Å². The summed E-state index contributed by atoms with van der Waals surface area (Å²) in [6.45, 7) is 3.64. The Morgan fingerprint density at radius 2 is 2.35 bits per heavy atom. The number of hydrogen-bond acceptors (Lipinski definition) is 4. The smallest absolute Gasteiger partial charge is 0.251 e. The van der Waals surface area contributed by atoms with Gasteiger partial charge in [-0.1, -0.05) is 5.16 Å². The van der Waals surface area contributed by atoms with Gasteiger partial charge in [-0.05, 0) is 26.2 Å². The van der Waals surface area contributed by atoms with E-state index in [1.165, 1.54) is 0 Å². The Labute approximate surface area is 101 Å². The maximum atomic E-state index is 12.1. The summed E-state index contributed by atoms with van der Waals surface area (Å²) in [4.78, 5) is 13.8. The number of amidine groups is 1. The highest BCUT2D eigenvalue weighted by molar-refractivity contribution is 5.83. The molecule has 0 bridgehead atoms. The standard InChI is InChI=1S/C11H21N3O3/c1-2-14(7-6-10(12)13-16)11(15)9-5-3-4-8-17-9/h9,16H,2-8H2,1H3,(H2,12,13). The van der Waals surface area contributed by atoms with Crippen molar-refractivity contribution in [2.45, 2.75) is 38.7 Å². The van der Waals surface area contributed by atoms with E-state index in [9.17, 15) is 4.79 Å². The van der Waals surface area contributed by atoms with Gasteiger partial charge in [0.1, 0.15) is 11.9 Å². The molecule has 0 aliphatic carbocycles. The first kappa shape index (κ1) is 13.8. The number of hydrogen-bond donors (Lipinski definition) is 2. The van der Waals surface area contributed by atoms with Crippen LogP contribution in [0.1, 0.15) is 32.6 Å². The molecule has 3 N–H and O–H groups in total. The van der Waals surface area contributed by atoms with E-state index in [4.69, 9.17) is 15.7 Å². The van der Waals surface area contributed by atoms with Gasteiger partial charge < -0.3 is 20.6 Å². The second-order valence-electron chi connectivity index (χ2n) is 4.11. The highest BCUT2D eigenvalue weighted by Crippen LogP contribution is 2.15. The molecule has 1 unspecified atom stereocenters. The van der Waals surface area contributed by atoms with Crippen LogP contribution < -0.4 is 5.73 Å². The van der Waals surface area contributed by atoms with Gasteiger partial charge in [-0.15, -0.1) is 0 Å². The molecule has 6 heteroatoms. The van der Waals surface area contributed by atoms with Crippen LogP contribution >= 0.6 is 0 Å². The number of ether oxygens (including phenoxy) is 1. The van der Waals surface area contributed by atoms with Crippen LogP contribution in [-0.4, -0.2) is 47.7 Å². The molecule has 1 heterocycles. The fourth-order valence-electron chi connectivity index (χ4n) is 1.86. The number of nitrogens with zero attached hydrogens (tertiary/aromatic N) is 2. The van der Waals surface area contributed by atoms with Gasteiger partial charge in [0.25, 0.3) is 5.91 Å². The summed E-state index contributed by atoms with van der Waals surface area (Å²) < 4.78 is 5.45. The minimum Gasteiger partial charge on any atom is -0.409 e. The Morgan fingerprint density at radius 1 is 1.59 bits per heavy atom. The van der Waals surface area contributed by atoms with E-state index in [1.807, 2.05) is 6.92 Å². The lowest BCUT2D eigenvalue weighted by molar-refractivity contribution is -0.146. The van der Waals surface area contributed by atoms with Crippen molar-refractivity contribution in [3.8, 4) is 0 Å². The first-order chi connectivity index (χ1) is 8.19. The van der Waals surface area contributed by atoms with Crippen LogP contribution in [0.5, 0.6) is 0 Å². The van der Waals surface area contributed by atoms with E-state index in [0.717, 1.165) is 19.3 Å². The first-order valence-corrected chi connectivity index (χ1v) is 6.05. The Bertz CT molecular complexity index is 275. The predicted octanol–water partition coefficient (Wildman–Crippen LogP) is 0.540. The zero-order valence-electron chi connectivity index (χ0n) is 10.3. The third-order valence-corrected chi connectivity index (χ3v) is 2.91. The van der Waals surface area contributed by atoms with Crippen LogP contribution in [0.2, 0.25) is 0 Å². The number of likely N-dealkylation sites (N-methyl/N-ethyl adjacent to an activating group) is 1. The number of nitrogens with two attached hydrogens (primary N) is 1. The van der Waals surface area contributed by atoms with E-state index in [2.05, 4.69) is 5.16 Å². The highest BCUT2D eigenvalue weighted by atomic mass is 16.5. The third kappa shape index (κ3) is 4.22. The molecular weight excluding hydrogens is 222 g/mol. The van der Waals surface area contributed by atoms with Gasteiger partial charge in [-0.3, -0.25) is 4.79 Å². The maximum Gasteiger partial charge on any atom is 0.251 e. The van der Waals surface area contributed by atoms with Crippen LogP contribution in [0.4, 0.5) is 0 Å². The van der Waals surface area contributed by atoms with Crippen molar-refractivity contribution in [2.24, 2.45) is 10.9 Å². The number of rotatable bonds is 5. The van der Waals surface area contributed by atoms with Gasteiger partial charge in [-0.25, -0.2) is 0 Å². The first-order valence-electron chi connectivity index (χ1n) is 6.05. The minimum absolute atomic E-state index is 0.0120. The summed E-state index contributed by atoms with van der Waals surface area (Å²) in [7, 11) is 0. The summed E-state index contributed by atoms with van der Waals surface area (Å²) in [6, 6.07) is 0. The molecule has 0 aromatic heterocycles. The molecule has 1 aliphatic rings. The molecule has 0 aromatic carbocycles. The molecule has 1 fully saturated rings. The van der Waals surface area contributed by atoms with Crippen LogP contribution in [0, 0.1) is 0 Å². The lowest BCUT2D eigenvalue weighted by atomic mass is 10.1. The van der Waals surface area contributed by atoms with Gasteiger partial charge in [-0.2, -0.15) is 0 Å². The van der Waals surface area contributed by atoms with E-state index in [-0.39, 0.29) is 17.8 Å². The normalized spacial score (nSPS) is 21.2. The molecular formula is C11H21N3O3. The van der Waals surface area contributed by atoms with Gasteiger partial charge in [0.05, 0.1) is 0 Å². The van der Waals surface area contributed by atoms with E-state index in [0.29, 0.717) is 26.1 Å². The van der Waals surface area contributed by atoms with Gasteiger partial charge in [0.2, 0.25) is 0 Å². The van der Waals surface area contributed by atoms with Crippen LogP contribution in [0.3, 0.4) is 0 Å².